The van der Waals surface area contributed by atoms with Crippen molar-refractivity contribution in [3.05, 3.63) is 98.7 Å². The third kappa shape index (κ3) is 4.54. The fraction of sp³-hybridized carbons (Fsp3) is 0.200. The third-order valence-electron chi connectivity index (χ3n) is 5.31. The van der Waals surface area contributed by atoms with Crippen LogP contribution in [0.5, 0.6) is 0 Å². The van der Waals surface area contributed by atoms with Gasteiger partial charge in [-0.15, -0.1) is 0 Å². The monoisotopic (exact) mass is 460 g/mol. The van der Waals surface area contributed by atoms with Crippen molar-refractivity contribution in [2.45, 2.75) is 20.3 Å². The molecular formula is C25H24N4O5. The number of amides is 4. The maximum Gasteiger partial charge on any atom is 0.261 e. The molecule has 0 saturated heterocycles. The molecule has 2 aliphatic heterocycles. The molecule has 1 aromatic heterocycles. The van der Waals surface area contributed by atoms with E-state index >= 15 is 0 Å². The number of H-pyrrole nitrogens is 1. The van der Waals surface area contributed by atoms with Gasteiger partial charge < -0.3 is 4.98 Å². The van der Waals surface area contributed by atoms with Gasteiger partial charge in [-0.1, -0.05) is 26.0 Å². The van der Waals surface area contributed by atoms with E-state index < -0.39 is 0 Å². The van der Waals surface area contributed by atoms with Crippen LogP contribution in [0.4, 0.5) is 0 Å². The fourth-order valence-electron chi connectivity index (χ4n) is 3.58. The molecule has 3 heterocycles. The molecule has 2 aromatic carbocycles. The van der Waals surface area contributed by atoms with E-state index in [9.17, 15) is 24.0 Å². The van der Waals surface area contributed by atoms with Crippen molar-refractivity contribution in [3.63, 3.8) is 0 Å². The van der Waals surface area contributed by atoms with Gasteiger partial charge in [-0.3, -0.25) is 33.8 Å². The van der Waals surface area contributed by atoms with Crippen molar-refractivity contribution < 1.29 is 19.2 Å². The number of hydrogen-bond acceptors (Lipinski definition) is 6. The minimum Gasteiger partial charge on any atom is -0.313 e. The Hall–Kier alpha value is -4.40. The van der Waals surface area contributed by atoms with Crippen LogP contribution in [0.25, 0.3) is 0 Å². The predicted octanol–water partition coefficient (Wildman–Crippen LogP) is 2.53. The number of nitrogens with zero attached hydrogens (tertiary/aromatic N) is 3. The molecule has 2 aliphatic rings. The minimum atomic E-state index is -0.307. The van der Waals surface area contributed by atoms with Gasteiger partial charge in [0.15, 0.2) is 0 Å². The second kappa shape index (κ2) is 10.0. The molecule has 0 saturated carbocycles. The van der Waals surface area contributed by atoms with Crippen LogP contribution in [-0.2, 0) is 6.42 Å². The lowest BCUT2D eigenvalue weighted by Crippen LogP contribution is -2.24. The van der Waals surface area contributed by atoms with Crippen LogP contribution in [0.2, 0.25) is 0 Å². The molecule has 4 amide bonds. The van der Waals surface area contributed by atoms with E-state index in [-0.39, 0.29) is 29.2 Å². The van der Waals surface area contributed by atoms with Gasteiger partial charge >= 0.3 is 0 Å². The molecule has 0 atom stereocenters. The van der Waals surface area contributed by atoms with E-state index in [0.29, 0.717) is 28.7 Å². The minimum absolute atomic E-state index is 0.116. The first-order valence-corrected chi connectivity index (χ1v) is 10.7. The number of carbonyl (C=O) groups excluding carboxylic acids is 4. The average Bonchev–Trinajstić information content (AvgIpc) is 3.21. The molecule has 0 bridgehead atoms. The second-order valence-electron chi connectivity index (χ2n) is 7.38. The van der Waals surface area contributed by atoms with Gasteiger partial charge in [0.25, 0.3) is 29.2 Å². The highest BCUT2D eigenvalue weighted by Gasteiger charge is 2.34. The molecule has 3 aromatic rings. The number of rotatable bonds is 2. The summed E-state index contributed by atoms with van der Waals surface area (Å²) in [5.41, 5.74) is 3.23. The largest absolute Gasteiger partial charge is 0.313 e. The molecule has 34 heavy (non-hydrogen) atoms. The highest BCUT2D eigenvalue weighted by atomic mass is 16.2. The van der Waals surface area contributed by atoms with Crippen LogP contribution in [-0.4, -0.2) is 57.5 Å². The standard InChI is InChI=1S/C19H14N2O4.C4H4N2O.C2H6/c1-20-16(22)12-5-3-10(8-14(12)18(20)24)7-11-4-6-13-15(9-11)19(25)21(2)17(13)23;7-4-1-2-5-3-6-4;1-2/h3-6,8-9H,7H2,1-2H3;1-3H,(H,5,6,7);1-2H3. The topological polar surface area (TPSA) is 121 Å². The summed E-state index contributed by atoms with van der Waals surface area (Å²) in [6, 6.07) is 11.7. The first-order chi connectivity index (χ1) is 16.3. The first-order valence-electron chi connectivity index (χ1n) is 10.7. The van der Waals surface area contributed by atoms with Crippen molar-refractivity contribution >= 4 is 23.6 Å². The van der Waals surface area contributed by atoms with Crippen molar-refractivity contribution in [2.24, 2.45) is 0 Å². The Labute approximate surface area is 196 Å². The molecular weight excluding hydrogens is 436 g/mol. The van der Waals surface area contributed by atoms with Crippen LogP contribution in [0.3, 0.4) is 0 Å². The van der Waals surface area contributed by atoms with Gasteiger partial charge in [-0.2, -0.15) is 0 Å². The highest BCUT2D eigenvalue weighted by molar-refractivity contribution is 6.22. The molecule has 174 valence electrons. The Morgan fingerprint density at radius 2 is 1.12 bits per heavy atom. The highest BCUT2D eigenvalue weighted by Crippen LogP contribution is 2.26. The molecule has 0 radical (unpaired) electrons. The number of hydrogen-bond donors (Lipinski definition) is 1. The van der Waals surface area contributed by atoms with E-state index in [2.05, 4.69) is 9.97 Å². The number of nitrogens with one attached hydrogen (secondary N) is 1. The van der Waals surface area contributed by atoms with E-state index in [1.165, 1.54) is 32.7 Å². The maximum atomic E-state index is 12.1. The molecule has 5 rings (SSSR count). The molecule has 1 N–H and O–H groups in total. The first kappa shape index (κ1) is 24.2. The van der Waals surface area contributed by atoms with Crippen molar-refractivity contribution in [2.75, 3.05) is 14.1 Å². The zero-order chi connectivity index (χ0) is 25.0. The Balaban J connectivity index is 0.000000306. The van der Waals surface area contributed by atoms with E-state index in [1.54, 1.807) is 36.4 Å². The number of fused-ring (bicyclic) bond motifs is 2. The number of aromatic nitrogens is 2. The Morgan fingerprint density at radius 3 is 1.47 bits per heavy atom. The Morgan fingerprint density at radius 1 is 0.676 bits per heavy atom. The van der Waals surface area contributed by atoms with Crippen LogP contribution >= 0.6 is 0 Å². The summed E-state index contributed by atoms with van der Waals surface area (Å²) in [4.78, 5) is 66.4. The summed E-state index contributed by atoms with van der Waals surface area (Å²) < 4.78 is 0. The van der Waals surface area contributed by atoms with Crippen LogP contribution < -0.4 is 5.56 Å². The third-order valence-corrected chi connectivity index (χ3v) is 5.31. The Bertz CT molecular complexity index is 1250. The Kier molecular flexibility index (Phi) is 7.15. The molecule has 0 unspecified atom stereocenters. The quantitative estimate of drug-likeness (QED) is 0.587. The van der Waals surface area contributed by atoms with Crippen molar-refractivity contribution in [1.82, 2.24) is 19.8 Å². The van der Waals surface area contributed by atoms with Gasteiger partial charge in [-0.25, -0.2) is 4.98 Å². The maximum absolute atomic E-state index is 12.1. The van der Waals surface area contributed by atoms with Crippen molar-refractivity contribution in [3.8, 4) is 0 Å². The predicted molar refractivity (Wildman–Crippen MR) is 125 cm³/mol. The second-order valence-corrected chi connectivity index (χ2v) is 7.38. The van der Waals surface area contributed by atoms with E-state index in [1.807, 2.05) is 13.8 Å². The zero-order valence-corrected chi connectivity index (χ0v) is 19.3. The summed E-state index contributed by atoms with van der Waals surface area (Å²) in [5, 5.41) is 0. The average molecular weight is 460 g/mol. The van der Waals surface area contributed by atoms with E-state index in [0.717, 1.165) is 20.9 Å². The summed E-state index contributed by atoms with van der Waals surface area (Å²) in [6.07, 6.45) is 3.29. The lowest BCUT2D eigenvalue weighted by atomic mass is 9.98. The van der Waals surface area contributed by atoms with Gasteiger partial charge in [0.05, 0.1) is 28.6 Å². The van der Waals surface area contributed by atoms with Gasteiger partial charge in [0.2, 0.25) is 0 Å². The number of aromatic amines is 1. The normalized spacial score (nSPS) is 13.6. The zero-order valence-electron chi connectivity index (χ0n) is 19.3. The van der Waals surface area contributed by atoms with Gasteiger partial charge in [0, 0.05) is 26.4 Å². The lowest BCUT2D eigenvalue weighted by molar-refractivity contribution is 0.0678. The fourth-order valence-corrected chi connectivity index (χ4v) is 3.58. The van der Waals surface area contributed by atoms with Crippen molar-refractivity contribution in [1.29, 1.82) is 0 Å². The smallest absolute Gasteiger partial charge is 0.261 e. The van der Waals surface area contributed by atoms with Crippen LogP contribution in [0, 0.1) is 0 Å². The molecule has 0 aliphatic carbocycles. The molecule has 0 spiro atoms. The molecule has 9 heteroatoms. The van der Waals surface area contributed by atoms with Crippen LogP contribution in [0.1, 0.15) is 66.4 Å². The summed E-state index contributed by atoms with van der Waals surface area (Å²) in [7, 11) is 2.92. The SMILES string of the molecule is CC.CN1C(=O)c2ccc(Cc3ccc4c(c3)C(=O)N(C)C4=O)cc2C1=O.O=c1ccnc[nH]1. The summed E-state index contributed by atoms with van der Waals surface area (Å²) in [6.45, 7) is 4.00. The van der Waals surface area contributed by atoms with Crippen LogP contribution in [0.15, 0.2) is 59.8 Å². The lowest BCUT2D eigenvalue weighted by Gasteiger charge is -2.05. The number of carbonyl (C=O) groups is 4. The molecule has 9 nitrogen and oxygen atoms in total. The number of benzene rings is 2. The molecule has 0 fully saturated rings. The number of imide groups is 2. The summed E-state index contributed by atoms with van der Waals surface area (Å²) in [5.74, 6) is -1.20. The van der Waals surface area contributed by atoms with Gasteiger partial charge in [-0.05, 0) is 41.8 Å². The van der Waals surface area contributed by atoms with Gasteiger partial charge in [0.1, 0.15) is 0 Å². The van der Waals surface area contributed by atoms with E-state index in [4.69, 9.17) is 0 Å². The summed E-state index contributed by atoms with van der Waals surface area (Å²) >= 11 is 0.